The second kappa shape index (κ2) is 9.65. The van der Waals surface area contributed by atoms with Crippen molar-refractivity contribution in [3.05, 3.63) is 95.3 Å². The van der Waals surface area contributed by atoms with Gasteiger partial charge in [0.25, 0.3) is 16.0 Å². The minimum absolute atomic E-state index is 0.250. The molecule has 3 aromatic rings. The molecule has 7 nitrogen and oxygen atoms in total. The lowest BCUT2D eigenvalue weighted by molar-refractivity contribution is -0.114. The fourth-order valence-corrected chi connectivity index (χ4v) is 3.26. The van der Waals surface area contributed by atoms with Gasteiger partial charge in [0.2, 0.25) is 0 Å². The van der Waals surface area contributed by atoms with Gasteiger partial charge >= 0.3 is 0 Å². The molecular weight excluding hydrogens is 438 g/mol. The Balaban J connectivity index is 0.000000391. The molecule has 0 radical (unpaired) electrons. The molecule has 0 unspecified atom stereocenters. The van der Waals surface area contributed by atoms with Crippen LogP contribution >= 0.6 is 11.6 Å². The van der Waals surface area contributed by atoms with Crippen LogP contribution in [0.1, 0.15) is 12.5 Å². The molecule has 2 aromatic carbocycles. The van der Waals surface area contributed by atoms with Crippen molar-refractivity contribution < 1.29 is 17.8 Å². The van der Waals surface area contributed by atoms with E-state index in [1.54, 1.807) is 49.7 Å². The second-order valence-corrected chi connectivity index (χ2v) is 8.26. The van der Waals surface area contributed by atoms with Crippen LogP contribution in [-0.4, -0.2) is 29.6 Å². The first-order valence-corrected chi connectivity index (χ1v) is 10.9. The van der Waals surface area contributed by atoms with Gasteiger partial charge in [0, 0.05) is 17.4 Å². The van der Waals surface area contributed by atoms with Crippen molar-refractivity contribution >= 4 is 45.1 Å². The fraction of sp³-hybridized carbons (Fsp3) is 0.0455. The second-order valence-electron chi connectivity index (χ2n) is 6.41. The summed E-state index contributed by atoms with van der Waals surface area (Å²) in [4.78, 5) is 16.2. The average Bonchev–Trinajstić information content (AvgIpc) is 3.05. The molecule has 0 bridgehead atoms. The number of hydrogen-bond donors (Lipinski definition) is 1. The molecule has 0 fully saturated rings. The average molecular weight is 456 g/mol. The Kier molecular flexibility index (Phi) is 6.96. The van der Waals surface area contributed by atoms with Gasteiger partial charge in [0.15, 0.2) is 0 Å². The van der Waals surface area contributed by atoms with Crippen LogP contribution in [0, 0.1) is 0 Å². The van der Waals surface area contributed by atoms with Gasteiger partial charge in [-0.05, 0) is 67.1 Å². The molecule has 4 rings (SSSR count). The van der Waals surface area contributed by atoms with E-state index < -0.39 is 10.1 Å². The number of halogens is 1. The van der Waals surface area contributed by atoms with Crippen molar-refractivity contribution in [1.82, 2.24) is 4.98 Å². The summed E-state index contributed by atoms with van der Waals surface area (Å²) < 4.78 is 31.2. The third-order valence-corrected chi connectivity index (χ3v) is 5.31. The van der Waals surface area contributed by atoms with Crippen LogP contribution in [0.25, 0.3) is 6.08 Å². The lowest BCUT2D eigenvalue weighted by Crippen LogP contribution is -2.21. The Hall–Kier alpha value is -3.33. The molecule has 2 heterocycles. The zero-order valence-electron chi connectivity index (χ0n) is 16.4. The molecule has 0 aliphatic carbocycles. The first-order valence-electron chi connectivity index (χ1n) is 9.05. The Labute approximate surface area is 185 Å². The Morgan fingerprint density at radius 3 is 2.06 bits per heavy atom. The van der Waals surface area contributed by atoms with Crippen LogP contribution in [0.4, 0.5) is 5.69 Å². The van der Waals surface area contributed by atoms with Crippen molar-refractivity contribution in [1.29, 1.82) is 0 Å². The third-order valence-electron chi connectivity index (χ3n) is 4.19. The highest BCUT2D eigenvalue weighted by Crippen LogP contribution is 2.26. The van der Waals surface area contributed by atoms with Crippen molar-refractivity contribution in [3.8, 4) is 0 Å². The summed E-state index contributed by atoms with van der Waals surface area (Å²) in [5, 5.41) is 6.01. The van der Waals surface area contributed by atoms with Crippen LogP contribution < -0.4 is 5.01 Å². The zero-order chi connectivity index (χ0) is 22.4. The normalized spacial score (nSPS) is 14.8. The highest BCUT2D eigenvalue weighted by Gasteiger charge is 2.28. The molecule has 1 aliphatic heterocycles. The third kappa shape index (κ3) is 5.85. The number of anilines is 1. The largest absolute Gasteiger partial charge is 0.294 e. The number of carbonyl (C=O) groups is 1. The van der Waals surface area contributed by atoms with Crippen molar-refractivity contribution in [2.45, 2.75) is 11.8 Å². The van der Waals surface area contributed by atoms with E-state index in [2.05, 4.69) is 10.1 Å². The van der Waals surface area contributed by atoms with Gasteiger partial charge < -0.3 is 0 Å². The van der Waals surface area contributed by atoms with Gasteiger partial charge in [0.1, 0.15) is 0 Å². The number of rotatable bonds is 3. The zero-order valence-corrected chi connectivity index (χ0v) is 18.0. The molecule has 1 N–H and O–H groups in total. The summed E-state index contributed by atoms with van der Waals surface area (Å²) in [7, 11) is -4.28. The highest BCUT2D eigenvalue weighted by molar-refractivity contribution is 7.85. The number of carbonyl (C=O) groups excluding carboxylic acids is 1. The summed E-state index contributed by atoms with van der Waals surface area (Å²) in [6.45, 7) is 1.71. The first kappa shape index (κ1) is 22.4. The molecule has 0 saturated heterocycles. The van der Waals surface area contributed by atoms with Gasteiger partial charge in [-0.1, -0.05) is 29.8 Å². The Bertz CT molecular complexity index is 1200. The predicted octanol–water partition coefficient (Wildman–Crippen LogP) is 4.47. The summed E-state index contributed by atoms with van der Waals surface area (Å²) in [6, 6.07) is 18.0. The molecule has 0 atom stereocenters. The van der Waals surface area contributed by atoms with Crippen LogP contribution in [0.15, 0.2) is 94.7 Å². The van der Waals surface area contributed by atoms with Crippen molar-refractivity contribution in [2.24, 2.45) is 5.10 Å². The van der Waals surface area contributed by atoms with Crippen LogP contribution in [-0.2, 0) is 14.9 Å². The molecule has 1 amide bonds. The van der Waals surface area contributed by atoms with E-state index in [1.807, 2.05) is 18.2 Å². The monoisotopic (exact) mass is 455 g/mol. The van der Waals surface area contributed by atoms with Gasteiger partial charge in [-0.3, -0.25) is 14.3 Å². The fourth-order valence-electron chi connectivity index (χ4n) is 2.66. The summed E-state index contributed by atoms with van der Waals surface area (Å²) >= 11 is 5.85. The number of aromatic nitrogens is 1. The number of benzene rings is 2. The Morgan fingerprint density at radius 1 is 0.968 bits per heavy atom. The predicted molar refractivity (Wildman–Crippen MR) is 121 cm³/mol. The van der Waals surface area contributed by atoms with E-state index in [-0.39, 0.29) is 10.8 Å². The van der Waals surface area contributed by atoms with E-state index in [9.17, 15) is 13.2 Å². The maximum absolute atomic E-state index is 12.6. The van der Waals surface area contributed by atoms with E-state index >= 15 is 0 Å². The quantitative estimate of drug-likeness (QED) is 0.463. The van der Waals surface area contributed by atoms with Crippen LogP contribution in [0.3, 0.4) is 0 Å². The lowest BCUT2D eigenvalue weighted by Gasteiger charge is -2.12. The molecule has 1 aliphatic rings. The SMILES string of the molecule is CC1=NN(c2ccc(S(=O)(=O)O)cc2)C(=O)C1=Cc1ccc(Cl)cc1.c1ccncc1. The minimum atomic E-state index is -4.28. The van der Waals surface area contributed by atoms with Gasteiger partial charge in [-0.15, -0.1) is 0 Å². The maximum atomic E-state index is 12.6. The standard InChI is InChI=1S/C17H13ClN2O4S.C5H5N/c1-11-16(10-12-2-4-13(18)5-3-12)17(21)20(19-11)14-6-8-15(9-7-14)25(22,23)24;1-2-4-6-5-3-1/h2-10H,1H3,(H,22,23,24);1-5H. The molecule has 0 saturated carbocycles. The summed E-state index contributed by atoms with van der Waals surface area (Å²) in [5.41, 5.74) is 2.18. The minimum Gasteiger partial charge on any atom is -0.282 e. The number of hydrogen-bond acceptors (Lipinski definition) is 5. The van der Waals surface area contributed by atoms with E-state index in [4.69, 9.17) is 16.2 Å². The highest BCUT2D eigenvalue weighted by atomic mass is 35.5. The molecule has 158 valence electrons. The topological polar surface area (TPSA) is 99.9 Å². The van der Waals surface area contributed by atoms with Gasteiger partial charge in [0.05, 0.1) is 21.9 Å². The molecule has 1 aromatic heterocycles. The molecule has 0 spiro atoms. The van der Waals surface area contributed by atoms with Gasteiger partial charge in [-0.25, -0.2) is 0 Å². The summed E-state index contributed by atoms with van der Waals surface area (Å²) in [5.74, 6) is -0.327. The van der Waals surface area contributed by atoms with E-state index in [0.717, 1.165) is 5.56 Å². The maximum Gasteiger partial charge on any atom is 0.294 e. The molecule has 31 heavy (non-hydrogen) atoms. The number of hydrazone groups is 1. The molecule has 9 heteroatoms. The Morgan fingerprint density at radius 2 is 1.58 bits per heavy atom. The van der Waals surface area contributed by atoms with Crippen LogP contribution in [0.2, 0.25) is 5.02 Å². The van der Waals surface area contributed by atoms with Gasteiger partial charge in [-0.2, -0.15) is 18.5 Å². The van der Waals surface area contributed by atoms with E-state index in [0.29, 0.717) is 22.0 Å². The van der Waals surface area contributed by atoms with Crippen LogP contribution in [0.5, 0.6) is 0 Å². The smallest absolute Gasteiger partial charge is 0.282 e. The number of pyridine rings is 1. The summed E-state index contributed by atoms with van der Waals surface area (Å²) in [6.07, 6.45) is 5.21. The lowest BCUT2D eigenvalue weighted by atomic mass is 10.1. The van der Waals surface area contributed by atoms with Crippen molar-refractivity contribution in [3.63, 3.8) is 0 Å². The number of nitrogens with zero attached hydrogens (tertiary/aromatic N) is 3. The molecular formula is C22H18ClN3O4S. The van der Waals surface area contributed by atoms with E-state index in [1.165, 1.54) is 29.3 Å². The first-order chi connectivity index (χ1) is 14.8. The van der Waals surface area contributed by atoms with Crippen molar-refractivity contribution in [2.75, 3.05) is 5.01 Å². The number of amides is 1.